The molecule has 176 valence electrons. The van der Waals surface area contributed by atoms with Gasteiger partial charge in [0.1, 0.15) is 5.82 Å². The molecule has 4 rings (SSSR count). The van der Waals surface area contributed by atoms with Gasteiger partial charge in [0.25, 0.3) is 0 Å². The second-order valence-corrected chi connectivity index (χ2v) is 8.00. The monoisotopic (exact) mass is 560 g/mol. The molecule has 1 fully saturated rings. The van der Waals surface area contributed by atoms with Gasteiger partial charge in [-0.05, 0) is 43.3 Å². The van der Waals surface area contributed by atoms with Crippen LogP contribution in [0.1, 0.15) is 11.1 Å². The molecule has 0 atom stereocenters. The van der Waals surface area contributed by atoms with Crippen LogP contribution in [0.15, 0.2) is 66.0 Å². The number of anilines is 1. The van der Waals surface area contributed by atoms with Gasteiger partial charge in [-0.2, -0.15) is 5.10 Å². The topological polar surface area (TPSA) is 73.6 Å². The molecule has 1 saturated heterocycles. The van der Waals surface area contributed by atoms with E-state index in [0.717, 1.165) is 56.6 Å². The van der Waals surface area contributed by atoms with Crippen molar-refractivity contribution in [2.45, 2.75) is 13.0 Å². The summed E-state index contributed by atoms with van der Waals surface area (Å²) in [6.45, 7) is 5.64. The van der Waals surface area contributed by atoms with Crippen LogP contribution >= 0.6 is 24.0 Å². The van der Waals surface area contributed by atoms with Crippen molar-refractivity contribution < 1.29 is 0 Å². The Balaban J connectivity index is 0.00000306. The lowest BCUT2D eigenvalue weighted by Crippen LogP contribution is -2.45. The summed E-state index contributed by atoms with van der Waals surface area (Å²) >= 11 is 0. The molecule has 0 radical (unpaired) electrons. The molecule has 9 heteroatoms. The maximum Gasteiger partial charge on any atom is 0.191 e. The number of rotatable bonds is 7. The number of nitrogens with zero attached hydrogens (tertiary/aromatic N) is 6. The smallest absolute Gasteiger partial charge is 0.191 e. The predicted octanol–water partition coefficient (Wildman–Crippen LogP) is 2.54. The van der Waals surface area contributed by atoms with E-state index in [1.165, 1.54) is 11.1 Å². The van der Waals surface area contributed by atoms with Crippen molar-refractivity contribution in [3.63, 3.8) is 0 Å². The van der Waals surface area contributed by atoms with E-state index < -0.39 is 0 Å². The average molecular weight is 560 g/mol. The highest BCUT2D eigenvalue weighted by atomic mass is 127. The summed E-state index contributed by atoms with van der Waals surface area (Å²) in [5.74, 6) is 1.87. The number of pyridine rings is 1. The number of likely N-dealkylation sites (N-methyl/N-ethyl adjacent to an activating group) is 1. The lowest BCUT2D eigenvalue weighted by molar-refractivity contribution is 0.312. The van der Waals surface area contributed by atoms with Crippen LogP contribution in [0.3, 0.4) is 0 Å². The van der Waals surface area contributed by atoms with E-state index in [1.807, 2.05) is 29.2 Å². The first-order chi connectivity index (χ1) is 15.7. The fourth-order valence-electron chi connectivity index (χ4n) is 3.83. The van der Waals surface area contributed by atoms with E-state index in [9.17, 15) is 0 Å². The number of hydrogen-bond acceptors (Lipinski definition) is 5. The van der Waals surface area contributed by atoms with Gasteiger partial charge < -0.3 is 20.4 Å². The van der Waals surface area contributed by atoms with Crippen molar-refractivity contribution in [1.29, 1.82) is 0 Å². The molecular weight excluding hydrogens is 527 g/mol. The Morgan fingerprint density at radius 3 is 2.48 bits per heavy atom. The normalized spacial score (nSPS) is 14.6. The summed E-state index contributed by atoms with van der Waals surface area (Å²) in [5, 5.41) is 11.1. The number of piperazine rings is 1. The summed E-state index contributed by atoms with van der Waals surface area (Å²) in [4.78, 5) is 13.8. The third-order valence-corrected chi connectivity index (χ3v) is 5.75. The molecule has 1 aliphatic heterocycles. The van der Waals surface area contributed by atoms with Gasteiger partial charge in [-0.1, -0.05) is 18.2 Å². The standard InChI is InChI=1S/C24H32N8.HI/c1-25-24(27-13-10-20-6-8-22(9-7-20)32-14-4-12-29-32)28-19-21-5-3-11-26-23(21)31-17-15-30(2)16-18-31;/h3-9,11-12,14H,10,13,15-19H2,1-2H3,(H2,25,27,28);1H. The van der Waals surface area contributed by atoms with E-state index >= 15 is 0 Å². The maximum absolute atomic E-state index is 4.66. The molecule has 0 bridgehead atoms. The molecule has 8 nitrogen and oxygen atoms in total. The second-order valence-electron chi connectivity index (χ2n) is 8.00. The molecule has 2 aromatic heterocycles. The Kier molecular flexibility index (Phi) is 9.49. The molecule has 0 amide bonds. The minimum absolute atomic E-state index is 0. The van der Waals surface area contributed by atoms with Crippen molar-refractivity contribution in [3.8, 4) is 5.69 Å². The maximum atomic E-state index is 4.66. The van der Waals surface area contributed by atoms with Gasteiger partial charge in [0.15, 0.2) is 5.96 Å². The molecular formula is C24H33IN8. The average Bonchev–Trinajstić information content (AvgIpc) is 3.37. The van der Waals surface area contributed by atoms with Crippen molar-refractivity contribution in [1.82, 2.24) is 30.3 Å². The Labute approximate surface area is 213 Å². The highest BCUT2D eigenvalue weighted by Gasteiger charge is 2.17. The number of aliphatic imine (C=N–C) groups is 1. The summed E-state index contributed by atoms with van der Waals surface area (Å²) in [6.07, 6.45) is 6.53. The molecule has 3 aromatic rings. The Morgan fingerprint density at radius 1 is 1.00 bits per heavy atom. The Bertz CT molecular complexity index is 996. The van der Waals surface area contributed by atoms with Gasteiger partial charge in [-0.25, -0.2) is 9.67 Å². The van der Waals surface area contributed by atoms with E-state index in [0.29, 0.717) is 6.54 Å². The number of aromatic nitrogens is 3. The first-order valence-corrected chi connectivity index (χ1v) is 11.1. The van der Waals surface area contributed by atoms with Gasteiger partial charge >= 0.3 is 0 Å². The van der Waals surface area contributed by atoms with Crippen molar-refractivity contribution in [2.75, 3.05) is 51.7 Å². The number of hydrogen-bond donors (Lipinski definition) is 2. The first-order valence-electron chi connectivity index (χ1n) is 11.1. The Morgan fingerprint density at radius 2 is 1.79 bits per heavy atom. The van der Waals surface area contributed by atoms with Crippen LogP contribution in [-0.2, 0) is 13.0 Å². The van der Waals surface area contributed by atoms with Crippen LogP contribution < -0.4 is 15.5 Å². The SMILES string of the molecule is CN=C(NCCc1ccc(-n2cccn2)cc1)NCc1cccnc1N1CCN(C)CC1.I. The van der Waals surface area contributed by atoms with Crippen LogP contribution in [0.5, 0.6) is 0 Å². The predicted molar refractivity (Wildman–Crippen MR) is 145 cm³/mol. The van der Waals surface area contributed by atoms with Crippen LogP contribution in [0.4, 0.5) is 5.82 Å². The van der Waals surface area contributed by atoms with E-state index in [4.69, 9.17) is 0 Å². The minimum atomic E-state index is 0. The van der Waals surface area contributed by atoms with Gasteiger partial charge in [0, 0.05) is 70.5 Å². The highest BCUT2D eigenvalue weighted by Crippen LogP contribution is 2.18. The summed E-state index contributed by atoms with van der Waals surface area (Å²) in [7, 11) is 3.97. The molecule has 0 unspecified atom stereocenters. The van der Waals surface area contributed by atoms with Crippen LogP contribution in [0.2, 0.25) is 0 Å². The zero-order chi connectivity index (χ0) is 22.2. The molecule has 0 spiro atoms. The lowest BCUT2D eigenvalue weighted by atomic mass is 10.1. The molecule has 0 aliphatic carbocycles. The number of nitrogens with one attached hydrogen (secondary N) is 2. The molecule has 33 heavy (non-hydrogen) atoms. The lowest BCUT2D eigenvalue weighted by Gasteiger charge is -2.34. The number of halogens is 1. The summed E-state index contributed by atoms with van der Waals surface area (Å²) < 4.78 is 1.86. The van der Waals surface area contributed by atoms with Gasteiger partial charge in [-0.15, -0.1) is 24.0 Å². The van der Waals surface area contributed by atoms with E-state index in [1.54, 1.807) is 13.2 Å². The van der Waals surface area contributed by atoms with Crippen molar-refractivity contribution in [2.24, 2.45) is 4.99 Å². The first kappa shape index (κ1) is 25.0. The quantitative estimate of drug-likeness (QED) is 0.263. The van der Waals surface area contributed by atoms with Crippen LogP contribution in [-0.4, -0.2) is 72.4 Å². The zero-order valence-electron chi connectivity index (χ0n) is 19.3. The molecule has 1 aliphatic rings. The summed E-state index contributed by atoms with van der Waals surface area (Å²) in [5.41, 5.74) is 3.53. The molecule has 0 saturated carbocycles. The largest absolute Gasteiger partial charge is 0.356 e. The third kappa shape index (κ3) is 6.91. The molecule has 2 N–H and O–H groups in total. The van der Waals surface area contributed by atoms with Crippen molar-refractivity contribution in [3.05, 3.63) is 72.2 Å². The van der Waals surface area contributed by atoms with Crippen LogP contribution in [0, 0.1) is 0 Å². The Hall–Kier alpha value is -2.66. The molecule has 3 heterocycles. The minimum Gasteiger partial charge on any atom is -0.356 e. The van der Waals surface area contributed by atoms with E-state index in [-0.39, 0.29) is 24.0 Å². The number of guanidine groups is 1. The fourth-order valence-corrected chi connectivity index (χ4v) is 3.83. The van der Waals surface area contributed by atoms with Crippen LogP contribution in [0.25, 0.3) is 5.69 Å². The highest BCUT2D eigenvalue weighted by molar-refractivity contribution is 14.0. The second kappa shape index (κ2) is 12.5. The summed E-state index contributed by atoms with van der Waals surface area (Å²) in [6, 6.07) is 14.5. The third-order valence-electron chi connectivity index (χ3n) is 5.75. The van der Waals surface area contributed by atoms with Crippen molar-refractivity contribution >= 4 is 35.8 Å². The van der Waals surface area contributed by atoms with Gasteiger partial charge in [0.05, 0.1) is 5.69 Å². The number of benzene rings is 1. The van der Waals surface area contributed by atoms with E-state index in [2.05, 4.69) is 72.9 Å². The fraction of sp³-hybridized carbons (Fsp3) is 0.375. The zero-order valence-corrected chi connectivity index (χ0v) is 21.6. The van der Waals surface area contributed by atoms with Gasteiger partial charge in [-0.3, -0.25) is 4.99 Å². The molecule has 1 aromatic carbocycles. The van der Waals surface area contributed by atoms with Gasteiger partial charge in [0.2, 0.25) is 0 Å².